The topological polar surface area (TPSA) is 60.5 Å². The van der Waals surface area contributed by atoms with Crippen LogP contribution in [-0.4, -0.2) is 71.8 Å². The summed E-state index contributed by atoms with van der Waals surface area (Å²) < 4.78 is 21.3. The van der Waals surface area contributed by atoms with Gasteiger partial charge in [-0.25, -0.2) is 4.79 Å². The quantitative estimate of drug-likeness (QED) is 0.425. The lowest BCUT2D eigenvalue weighted by molar-refractivity contribution is -0.0671. The van der Waals surface area contributed by atoms with Gasteiger partial charge in [-0.1, -0.05) is 30.3 Å². The molecule has 0 bridgehead atoms. The van der Waals surface area contributed by atoms with Crippen LogP contribution >= 0.6 is 0 Å². The maximum Gasteiger partial charge on any atom is 0.337 e. The molecule has 31 heavy (non-hydrogen) atoms. The number of carbonyl (C=O) groups excluding carboxylic acids is 1. The molecule has 7 nitrogen and oxygen atoms in total. The third kappa shape index (κ3) is 5.76. The summed E-state index contributed by atoms with van der Waals surface area (Å²) in [6, 6.07) is 15.9. The van der Waals surface area contributed by atoms with Crippen molar-refractivity contribution in [3.05, 3.63) is 59.7 Å². The van der Waals surface area contributed by atoms with E-state index in [0.717, 1.165) is 31.7 Å². The molecule has 2 aromatic carbocycles. The number of methoxy groups -OCH3 is 3. The summed E-state index contributed by atoms with van der Waals surface area (Å²) in [4.78, 5) is 16.6. The smallest absolute Gasteiger partial charge is 0.337 e. The Hall–Kier alpha value is -2.61. The lowest BCUT2D eigenvalue weighted by atomic mass is 10.0. The number of esters is 1. The van der Waals surface area contributed by atoms with Crippen molar-refractivity contribution in [3.63, 3.8) is 0 Å². The summed E-state index contributed by atoms with van der Waals surface area (Å²) in [5.41, 5.74) is 2.59. The summed E-state index contributed by atoms with van der Waals surface area (Å²) in [5.74, 6) is 0.250. The largest absolute Gasteiger partial charge is 0.495 e. The van der Waals surface area contributed by atoms with E-state index in [0.29, 0.717) is 18.1 Å². The van der Waals surface area contributed by atoms with E-state index < -0.39 is 0 Å². The first-order valence-corrected chi connectivity index (χ1v) is 10.4. The third-order valence-corrected chi connectivity index (χ3v) is 5.71. The fourth-order valence-electron chi connectivity index (χ4n) is 4.02. The van der Waals surface area contributed by atoms with Crippen molar-refractivity contribution in [1.29, 1.82) is 0 Å². The molecule has 0 aliphatic carbocycles. The molecule has 0 saturated carbocycles. The second-order valence-corrected chi connectivity index (χ2v) is 7.66. The van der Waals surface area contributed by atoms with Crippen LogP contribution in [0.3, 0.4) is 0 Å². The van der Waals surface area contributed by atoms with Crippen LogP contribution in [0.15, 0.2) is 48.5 Å². The molecule has 7 heteroatoms. The van der Waals surface area contributed by atoms with Crippen LogP contribution < -0.4 is 9.64 Å². The minimum absolute atomic E-state index is 0.0975. The zero-order valence-corrected chi connectivity index (χ0v) is 18.7. The number of benzene rings is 2. The van der Waals surface area contributed by atoms with Gasteiger partial charge in [-0.2, -0.15) is 0 Å². The first kappa shape index (κ1) is 23.1. The van der Waals surface area contributed by atoms with Gasteiger partial charge in [0.1, 0.15) is 12.5 Å². The van der Waals surface area contributed by atoms with Crippen molar-refractivity contribution >= 4 is 11.7 Å². The van der Waals surface area contributed by atoms with Gasteiger partial charge in [0.05, 0.1) is 37.6 Å². The van der Waals surface area contributed by atoms with E-state index in [9.17, 15) is 4.79 Å². The third-order valence-electron chi connectivity index (χ3n) is 5.71. The highest BCUT2D eigenvalue weighted by Gasteiger charge is 2.28. The summed E-state index contributed by atoms with van der Waals surface area (Å²) in [7, 11) is 6.69. The van der Waals surface area contributed by atoms with Crippen LogP contribution in [0.5, 0.6) is 5.75 Å². The Labute approximate surface area is 184 Å². The molecule has 2 aromatic rings. The SMILES string of the molecule is COCO[C@H]1CCN(C[C@H](c2ccccc2)N(C)c2ccc(C(=O)OC)cc2OC)C1. The molecule has 3 rings (SSSR count). The molecule has 0 spiro atoms. The number of anilines is 1. The lowest BCUT2D eigenvalue weighted by Crippen LogP contribution is -2.36. The van der Waals surface area contributed by atoms with E-state index in [1.54, 1.807) is 26.4 Å². The number of likely N-dealkylation sites (tertiary alicyclic amines) is 1. The number of likely N-dealkylation sites (N-methyl/N-ethyl adjacent to an activating group) is 1. The van der Waals surface area contributed by atoms with E-state index in [1.807, 2.05) is 12.1 Å². The van der Waals surface area contributed by atoms with Crippen LogP contribution in [-0.2, 0) is 14.2 Å². The normalized spacial score (nSPS) is 17.4. The van der Waals surface area contributed by atoms with Gasteiger partial charge in [0, 0.05) is 33.8 Å². The number of hydrogen-bond acceptors (Lipinski definition) is 7. The molecule has 0 unspecified atom stereocenters. The Morgan fingerprint density at radius 2 is 1.94 bits per heavy atom. The van der Waals surface area contributed by atoms with Crippen LogP contribution in [0.4, 0.5) is 5.69 Å². The van der Waals surface area contributed by atoms with E-state index in [1.165, 1.54) is 12.7 Å². The number of hydrogen-bond donors (Lipinski definition) is 0. The summed E-state index contributed by atoms with van der Waals surface area (Å²) in [6.07, 6.45) is 1.18. The van der Waals surface area contributed by atoms with Gasteiger partial charge >= 0.3 is 5.97 Å². The average molecular weight is 429 g/mol. The van der Waals surface area contributed by atoms with Crippen LogP contribution in [0.2, 0.25) is 0 Å². The van der Waals surface area contributed by atoms with E-state index in [4.69, 9.17) is 18.9 Å². The number of nitrogens with zero attached hydrogens (tertiary/aromatic N) is 2. The molecule has 1 fully saturated rings. The van der Waals surface area contributed by atoms with Gasteiger partial charge in [0.15, 0.2) is 0 Å². The predicted molar refractivity (Wildman–Crippen MR) is 120 cm³/mol. The zero-order valence-electron chi connectivity index (χ0n) is 18.7. The summed E-state index contributed by atoms with van der Waals surface area (Å²) in [5, 5.41) is 0. The molecule has 0 radical (unpaired) electrons. The fraction of sp³-hybridized carbons (Fsp3) is 0.458. The number of rotatable bonds is 10. The molecular formula is C24H32N2O5. The van der Waals surface area contributed by atoms with Crippen molar-refractivity contribution in [2.45, 2.75) is 18.6 Å². The van der Waals surface area contributed by atoms with Gasteiger partial charge in [0.25, 0.3) is 0 Å². The second kappa shape index (κ2) is 11.1. The van der Waals surface area contributed by atoms with Gasteiger partial charge in [-0.15, -0.1) is 0 Å². The van der Waals surface area contributed by atoms with Crippen molar-refractivity contribution < 1.29 is 23.7 Å². The highest BCUT2D eigenvalue weighted by atomic mass is 16.7. The lowest BCUT2D eigenvalue weighted by Gasteiger charge is -2.34. The molecule has 168 valence electrons. The molecular weight excluding hydrogens is 396 g/mol. The van der Waals surface area contributed by atoms with E-state index in [-0.39, 0.29) is 18.1 Å². The molecule has 1 heterocycles. The van der Waals surface area contributed by atoms with Gasteiger partial charge < -0.3 is 23.8 Å². The standard InChI is InChI=1S/C24H32N2O5/c1-25(21-11-10-19(24(27)30-4)14-23(21)29-3)22(18-8-6-5-7-9-18)16-26-13-12-20(15-26)31-17-28-2/h5-11,14,20,22H,12-13,15-17H2,1-4H3/t20-,22+/m0/s1. The first-order valence-electron chi connectivity index (χ1n) is 10.4. The van der Waals surface area contributed by atoms with Gasteiger partial charge in [-0.3, -0.25) is 4.90 Å². The van der Waals surface area contributed by atoms with Gasteiger partial charge in [-0.05, 0) is 30.2 Å². The minimum Gasteiger partial charge on any atom is -0.495 e. The van der Waals surface area contributed by atoms with Crippen molar-refractivity contribution in [3.8, 4) is 5.75 Å². The van der Waals surface area contributed by atoms with Crippen molar-refractivity contribution in [2.75, 3.05) is 59.7 Å². The summed E-state index contributed by atoms with van der Waals surface area (Å²) in [6.45, 7) is 3.02. The maximum absolute atomic E-state index is 11.9. The molecule has 0 amide bonds. The highest BCUT2D eigenvalue weighted by molar-refractivity contribution is 5.90. The highest BCUT2D eigenvalue weighted by Crippen LogP contribution is 2.35. The average Bonchev–Trinajstić information content (AvgIpc) is 3.27. The molecule has 1 aliphatic rings. The van der Waals surface area contributed by atoms with Gasteiger partial charge in [0.2, 0.25) is 0 Å². The Morgan fingerprint density at radius 3 is 2.61 bits per heavy atom. The Balaban J connectivity index is 1.84. The zero-order chi connectivity index (χ0) is 22.2. The molecule has 1 saturated heterocycles. The first-order chi connectivity index (χ1) is 15.1. The van der Waals surface area contributed by atoms with E-state index in [2.05, 4.69) is 41.1 Å². The Morgan fingerprint density at radius 1 is 1.16 bits per heavy atom. The second-order valence-electron chi connectivity index (χ2n) is 7.66. The number of carbonyl (C=O) groups is 1. The van der Waals surface area contributed by atoms with Crippen LogP contribution in [0.25, 0.3) is 0 Å². The monoisotopic (exact) mass is 428 g/mol. The van der Waals surface area contributed by atoms with Crippen molar-refractivity contribution in [1.82, 2.24) is 4.90 Å². The summed E-state index contributed by atoms with van der Waals surface area (Å²) >= 11 is 0. The van der Waals surface area contributed by atoms with E-state index >= 15 is 0 Å². The predicted octanol–water partition coefficient (Wildman–Crippen LogP) is 3.35. The van der Waals surface area contributed by atoms with Crippen LogP contribution in [0.1, 0.15) is 28.4 Å². The Bertz CT molecular complexity index is 845. The van der Waals surface area contributed by atoms with Crippen molar-refractivity contribution in [2.24, 2.45) is 0 Å². The molecule has 2 atom stereocenters. The minimum atomic E-state index is -0.383. The van der Waals surface area contributed by atoms with Crippen LogP contribution in [0, 0.1) is 0 Å². The maximum atomic E-state index is 11.9. The molecule has 0 N–H and O–H groups in total. The molecule has 0 aromatic heterocycles. The molecule has 1 aliphatic heterocycles. The Kier molecular flexibility index (Phi) is 8.28. The fourth-order valence-corrected chi connectivity index (χ4v) is 4.02. The number of ether oxygens (including phenoxy) is 4.